The number of carboxylic acids is 1. The van der Waals surface area contributed by atoms with Crippen LogP contribution in [0.5, 0.6) is 0 Å². The monoisotopic (exact) mass is 196 g/mol. The lowest BCUT2D eigenvalue weighted by molar-refractivity contribution is -0.137. The molecule has 1 aromatic carbocycles. The van der Waals surface area contributed by atoms with Crippen LogP contribution in [0, 0.1) is 12.7 Å². The predicted molar refractivity (Wildman–Crippen MR) is 51.8 cm³/mol. The van der Waals surface area contributed by atoms with Gasteiger partial charge in [-0.15, -0.1) is 0 Å². The van der Waals surface area contributed by atoms with Gasteiger partial charge in [-0.3, -0.25) is 4.79 Å². The van der Waals surface area contributed by atoms with E-state index in [4.69, 9.17) is 5.11 Å². The van der Waals surface area contributed by atoms with Crippen LogP contribution >= 0.6 is 0 Å². The van der Waals surface area contributed by atoms with Gasteiger partial charge >= 0.3 is 5.97 Å². The predicted octanol–water partition coefficient (Wildman–Crippen LogP) is 2.71. The molecule has 1 rings (SSSR count). The zero-order valence-electron chi connectivity index (χ0n) is 8.25. The highest BCUT2D eigenvalue weighted by molar-refractivity contribution is 5.67. The summed E-state index contributed by atoms with van der Waals surface area (Å²) in [5, 5.41) is 8.60. The molecular formula is C11H13FO2. The van der Waals surface area contributed by atoms with Crippen LogP contribution in [0.2, 0.25) is 0 Å². The second kappa shape index (κ2) is 4.22. The molecule has 0 unspecified atom stereocenters. The van der Waals surface area contributed by atoms with Crippen LogP contribution < -0.4 is 0 Å². The van der Waals surface area contributed by atoms with E-state index in [0.29, 0.717) is 5.56 Å². The smallest absolute Gasteiger partial charge is 0.303 e. The summed E-state index contributed by atoms with van der Waals surface area (Å²) in [6.07, 6.45) is 0.0745. The van der Waals surface area contributed by atoms with E-state index in [0.717, 1.165) is 5.56 Å². The van der Waals surface area contributed by atoms with Gasteiger partial charge in [-0.25, -0.2) is 4.39 Å². The Morgan fingerprint density at radius 2 is 2.21 bits per heavy atom. The summed E-state index contributed by atoms with van der Waals surface area (Å²) in [5.74, 6) is -1.16. The van der Waals surface area contributed by atoms with E-state index < -0.39 is 5.97 Å². The normalized spacial score (nSPS) is 12.5. The summed E-state index contributed by atoms with van der Waals surface area (Å²) < 4.78 is 12.9. The minimum Gasteiger partial charge on any atom is -0.481 e. The maximum absolute atomic E-state index is 12.9. The number of hydrogen-bond acceptors (Lipinski definition) is 1. The zero-order valence-corrected chi connectivity index (χ0v) is 8.25. The lowest BCUT2D eigenvalue weighted by atomic mass is 9.96. The molecule has 0 fully saturated rings. The summed E-state index contributed by atoms with van der Waals surface area (Å²) in [5.41, 5.74) is 1.42. The van der Waals surface area contributed by atoms with E-state index in [1.165, 1.54) is 6.07 Å². The van der Waals surface area contributed by atoms with Crippen LogP contribution in [0.3, 0.4) is 0 Å². The highest BCUT2D eigenvalue weighted by Crippen LogP contribution is 2.21. The molecule has 1 atom stereocenters. The molecule has 0 aliphatic heterocycles. The second-order valence-electron chi connectivity index (χ2n) is 3.51. The van der Waals surface area contributed by atoms with E-state index in [1.807, 2.05) is 6.92 Å². The number of benzene rings is 1. The molecule has 0 saturated heterocycles. The fourth-order valence-electron chi connectivity index (χ4n) is 1.35. The quantitative estimate of drug-likeness (QED) is 0.807. The Kier molecular flexibility index (Phi) is 3.23. The van der Waals surface area contributed by atoms with Crippen LogP contribution in [-0.4, -0.2) is 11.1 Å². The van der Waals surface area contributed by atoms with Crippen LogP contribution in [0.4, 0.5) is 4.39 Å². The van der Waals surface area contributed by atoms with Gasteiger partial charge in [0.2, 0.25) is 0 Å². The highest BCUT2D eigenvalue weighted by Gasteiger charge is 2.10. The Morgan fingerprint density at radius 3 is 2.71 bits per heavy atom. The molecule has 0 heterocycles. The third-order valence-electron chi connectivity index (χ3n) is 2.23. The Hall–Kier alpha value is -1.38. The van der Waals surface area contributed by atoms with Gasteiger partial charge in [0.25, 0.3) is 0 Å². The molecule has 0 radical (unpaired) electrons. The van der Waals surface area contributed by atoms with Gasteiger partial charge in [0.15, 0.2) is 0 Å². The van der Waals surface area contributed by atoms with Gasteiger partial charge in [0, 0.05) is 0 Å². The topological polar surface area (TPSA) is 37.3 Å². The lowest BCUT2D eigenvalue weighted by Crippen LogP contribution is -2.03. The average molecular weight is 196 g/mol. The van der Waals surface area contributed by atoms with Crippen molar-refractivity contribution in [2.75, 3.05) is 0 Å². The van der Waals surface area contributed by atoms with Crippen molar-refractivity contribution < 1.29 is 14.3 Å². The third-order valence-corrected chi connectivity index (χ3v) is 2.23. The van der Waals surface area contributed by atoms with E-state index in [2.05, 4.69) is 0 Å². The molecule has 0 amide bonds. The number of hydrogen-bond donors (Lipinski definition) is 1. The Morgan fingerprint density at radius 1 is 1.57 bits per heavy atom. The molecule has 3 heteroatoms. The first-order valence-corrected chi connectivity index (χ1v) is 4.48. The number of aliphatic carboxylic acids is 1. The van der Waals surface area contributed by atoms with Crippen molar-refractivity contribution in [3.05, 3.63) is 35.1 Å². The molecule has 14 heavy (non-hydrogen) atoms. The maximum Gasteiger partial charge on any atom is 0.303 e. The molecule has 1 aromatic rings. The molecule has 0 aliphatic rings. The molecule has 1 N–H and O–H groups in total. The van der Waals surface area contributed by atoms with Gasteiger partial charge in [0.1, 0.15) is 5.82 Å². The summed E-state index contributed by atoms with van der Waals surface area (Å²) in [4.78, 5) is 10.5. The average Bonchev–Trinajstić information content (AvgIpc) is 2.08. The molecule has 0 aromatic heterocycles. The van der Waals surface area contributed by atoms with Gasteiger partial charge in [-0.05, 0) is 30.0 Å². The number of rotatable bonds is 3. The number of carboxylic acid groups (broad SMARTS) is 1. The standard InChI is InChI=1S/C11H13FO2/c1-7(6-11(13)14)9-3-4-10(12)8(2)5-9/h3-5,7H,6H2,1-2H3,(H,13,14)/t7-/m0/s1. The van der Waals surface area contributed by atoms with Gasteiger partial charge < -0.3 is 5.11 Å². The van der Waals surface area contributed by atoms with Crippen molar-refractivity contribution in [2.45, 2.75) is 26.2 Å². The Bertz CT molecular complexity index is 347. The molecule has 0 aliphatic carbocycles. The van der Waals surface area contributed by atoms with E-state index in [9.17, 15) is 9.18 Å². The minimum atomic E-state index is -0.834. The Balaban J connectivity index is 2.85. The van der Waals surface area contributed by atoms with Crippen molar-refractivity contribution >= 4 is 5.97 Å². The van der Waals surface area contributed by atoms with Gasteiger partial charge in [-0.1, -0.05) is 19.1 Å². The Labute approximate surface area is 82.4 Å². The SMILES string of the molecule is Cc1cc([C@@H](C)CC(=O)O)ccc1F. The first-order valence-electron chi connectivity index (χ1n) is 4.48. The number of halogens is 1. The molecule has 2 nitrogen and oxygen atoms in total. The first kappa shape index (κ1) is 10.7. The first-order chi connectivity index (χ1) is 6.50. The number of carbonyl (C=O) groups is 1. The molecule has 0 spiro atoms. The molecule has 0 saturated carbocycles. The zero-order chi connectivity index (χ0) is 10.7. The van der Waals surface area contributed by atoms with Crippen LogP contribution in [-0.2, 0) is 4.79 Å². The van der Waals surface area contributed by atoms with Gasteiger partial charge in [-0.2, -0.15) is 0 Å². The molecule has 0 bridgehead atoms. The van der Waals surface area contributed by atoms with E-state index in [1.54, 1.807) is 19.1 Å². The summed E-state index contributed by atoms with van der Waals surface area (Å²) >= 11 is 0. The van der Waals surface area contributed by atoms with Crippen LogP contribution in [0.1, 0.15) is 30.4 Å². The van der Waals surface area contributed by atoms with Crippen molar-refractivity contribution in [2.24, 2.45) is 0 Å². The highest BCUT2D eigenvalue weighted by atomic mass is 19.1. The van der Waals surface area contributed by atoms with Crippen LogP contribution in [0.25, 0.3) is 0 Å². The third kappa shape index (κ3) is 2.55. The second-order valence-corrected chi connectivity index (χ2v) is 3.51. The number of aryl methyl sites for hydroxylation is 1. The summed E-state index contributed by atoms with van der Waals surface area (Å²) in [7, 11) is 0. The maximum atomic E-state index is 12.9. The van der Waals surface area contributed by atoms with E-state index >= 15 is 0 Å². The van der Waals surface area contributed by atoms with Crippen molar-refractivity contribution in [3.8, 4) is 0 Å². The van der Waals surface area contributed by atoms with Gasteiger partial charge in [0.05, 0.1) is 6.42 Å². The summed E-state index contributed by atoms with van der Waals surface area (Å²) in [6, 6.07) is 4.71. The molecule has 76 valence electrons. The lowest BCUT2D eigenvalue weighted by Gasteiger charge is -2.09. The largest absolute Gasteiger partial charge is 0.481 e. The van der Waals surface area contributed by atoms with Crippen LogP contribution in [0.15, 0.2) is 18.2 Å². The molecular weight excluding hydrogens is 183 g/mol. The fraction of sp³-hybridized carbons (Fsp3) is 0.364. The fourth-order valence-corrected chi connectivity index (χ4v) is 1.35. The van der Waals surface area contributed by atoms with Crippen molar-refractivity contribution in [1.29, 1.82) is 0 Å². The van der Waals surface area contributed by atoms with E-state index in [-0.39, 0.29) is 18.2 Å². The minimum absolute atomic E-state index is 0.0745. The van der Waals surface area contributed by atoms with Crippen molar-refractivity contribution in [3.63, 3.8) is 0 Å². The van der Waals surface area contributed by atoms with Crippen molar-refractivity contribution in [1.82, 2.24) is 0 Å². The summed E-state index contributed by atoms with van der Waals surface area (Å²) in [6.45, 7) is 3.49.